The number of benzene rings is 1. The minimum absolute atomic E-state index is 0.190. The maximum absolute atomic E-state index is 12.5. The summed E-state index contributed by atoms with van der Waals surface area (Å²) in [6, 6.07) is 8.37. The molecule has 0 saturated heterocycles. The molecular formula is C10H10FN. The van der Waals surface area contributed by atoms with Crippen LogP contribution < -0.4 is 0 Å². The number of hydrogen-bond donors (Lipinski definition) is 0. The van der Waals surface area contributed by atoms with E-state index in [-0.39, 0.29) is 11.7 Å². The van der Waals surface area contributed by atoms with Gasteiger partial charge in [0.25, 0.3) is 0 Å². The lowest BCUT2D eigenvalue weighted by Gasteiger charge is -2.05. The van der Waals surface area contributed by atoms with Crippen LogP contribution in [0, 0.1) is 17.1 Å². The second-order valence-corrected chi connectivity index (χ2v) is 2.81. The molecule has 0 aliphatic carbocycles. The van der Waals surface area contributed by atoms with Gasteiger partial charge >= 0.3 is 0 Å². The molecule has 62 valence electrons. The van der Waals surface area contributed by atoms with E-state index < -0.39 is 0 Å². The van der Waals surface area contributed by atoms with Crippen LogP contribution in [0.15, 0.2) is 24.3 Å². The molecule has 1 nitrogen and oxygen atoms in total. The highest BCUT2D eigenvalue weighted by Crippen LogP contribution is 2.18. The van der Waals surface area contributed by atoms with Gasteiger partial charge in [0, 0.05) is 6.42 Å². The molecule has 0 aromatic heterocycles. The molecule has 1 rings (SSSR count). The second kappa shape index (κ2) is 3.87. The lowest BCUT2D eigenvalue weighted by Crippen LogP contribution is -1.91. The van der Waals surface area contributed by atoms with Gasteiger partial charge in [-0.15, -0.1) is 0 Å². The van der Waals surface area contributed by atoms with Crippen molar-refractivity contribution < 1.29 is 4.39 Å². The van der Waals surface area contributed by atoms with Crippen molar-refractivity contribution in [2.75, 3.05) is 0 Å². The molecular weight excluding hydrogens is 153 g/mol. The van der Waals surface area contributed by atoms with Crippen molar-refractivity contribution in [2.45, 2.75) is 19.3 Å². The Hall–Kier alpha value is -1.36. The van der Waals surface area contributed by atoms with E-state index in [2.05, 4.69) is 6.07 Å². The van der Waals surface area contributed by atoms with Gasteiger partial charge in [0.1, 0.15) is 5.82 Å². The van der Waals surface area contributed by atoms with Crippen LogP contribution in [0.1, 0.15) is 24.8 Å². The van der Waals surface area contributed by atoms with Crippen LogP contribution in [0.2, 0.25) is 0 Å². The normalized spacial score (nSPS) is 12.1. The van der Waals surface area contributed by atoms with Crippen LogP contribution >= 0.6 is 0 Å². The Balaban J connectivity index is 2.76. The fourth-order valence-corrected chi connectivity index (χ4v) is 1.05. The van der Waals surface area contributed by atoms with E-state index in [1.165, 1.54) is 12.1 Å². The molecule has 0 aliphatic rings. The van der Waals surface area contributed by atoms with E-state index >= 15 is 0 Å². The SMILES string of the molecule is CC(CC#N)c1ccc(F)cc1. The molecule has 1 aromatic rings. The van der Waals surface area contributed by atoms with Gasteiger partial charge in [0.2, 0.25) is 0 Å². The summed E-state index contributed by atoms with van der Waals surface area (Å²) < 4.78 is 12.5. The minimum Gasteiger partial charge on any atom is -0.207 e. The Morgan fingerprint density at radius 2 is 2.00 bits per heavy atom. The lowest BCUT2D eigenvalue weighted by molar-refractivity contribution is 0.625. The smallest absolute Gasteiger partial charge is 0.123 e. The molecule has 1 unspecified atom stereocenters. The molecule has 0 N–H and O–H groups in total. The van der Waals surface area contributed by atoms with Crippen LogP contribution in [0.25, 0.3) is 0 Å². The number of hydrogen-bond acceptors (Lipinski definition) is 1. The quantitative estimate of drug-likeness (QED) is 0.657. The van der Waals surface area contributed by atoms with Gasteiger partial charge in [-0.1, -0.05) is 19.1 Å². The zero-order valence-electron chi connectivity index (χ0n) is 6.92. The number of nitrogens with zero attached hydrogens (tertiary/aromatic N) is 1. The average molecular weight is 163 g/mol. The van der Waals surface area contributed by atoms with Gasteiger partial charge in [-0.3, -0.25) is 0 Å². The summed E-state index contributed by atoms with van der Waals surface area (Å²) in [5.41, 5.74) is 1.01. The van der Waals surface area contributed by atoms with Crippen molar-refractivity contribution in [1.82, 2.24) is 0 Å². The third-order valence-corrected chi connectivity index (χ3v) is 1.84. The average Bonchev–Trinajstić information content (AvgIpc) is 2.06. The van der Waals surface area contributed by atoms with E-state index in [0.29, 0.717) is 6.42 Å². The number of halogens is 1. The molecule has 0 bridgehead atoms. The van der Waals surface area contributed by atoms with Crippen LogP contribution in [0.3, 0.4) is 0 Å². The Morgan fingerprint density at radius 3 is 2.50 bits per heavy atom. The predicted molar refractivity (Wildman–Crippen MR) is 45.0 cm³/mol. The standard InChI is InChI=1S/C10H10FN/c1-8(6-7-12)9-2-4-10(11)5-3-9/h2-5,8H,6H2,1H3. The lowest BCUT2D eigenvalue weighted by atomic mass is 9.99. The molecule has 2 heteroatoms. The highest BCUT2D eigenvalue weighted by Gasteiger charge is 2.03. The van der Waals surface area contributed by atoms with Gasteiger partial charge < -0.3 is 0 Å². The van der Waals surface area contributed by atoms with E-state index in [4.69, 9.17) is 5.26 Å². The minimum atomic E-state index is -0.233. The number of rotatable bonds is 2. The Morgan fingerprint density at radius 1 is 1.42 bits per heavy atom. The first-order valence-electron chi connectivity index (χ1n) is 3.86. The van der Waals surface area contributed by atoms with Crippen LogP contribution in [-0.2, 0) is 0 Å². The van der Waals surface area contributed by atoms with Crippen LogP contribution in [0.4, 0.5) is 4.39 Å². The van der Waals surface area contributed by atoms with Crippen molar-refractivity contribution in [3.8, 4) is 6.07 Å². The summed E-state index contributed by atoms with van der Waals surface area (Å²) in [4.78, 5) is 0. The Labute approximate surface area is 71.4 Å². The van der Waals surface area contributed by atoms with Gasteiger partial charge in [-0.2, -0.15) is 5.26 Å². The molecule has 0 aliphatic heterocycles. The number of nitriles is 1. The molecule has 1 aromatic carbocycles. The fraction of sp³-hybridized carbons (Fsp3) is 0.300. The summed E-state index contributed by atoms with van der Waals surface area (Å²) in [7, 11) is 0. The Bertz CT molecular complexity index is 284. The fourth-order valence-electron chi connectivity index (χ4n) is 1.05. The molecule has 0 heterocycles. The third-order valence-electron chi connectivity index (χ3n) is 1.84. The maximum atomic E-state index is 12.5. The second-order valence-electron chi connectivity index (χ2n) is 2.81. The van der Waals surface area contributed by atoms with E-state index in [0.717, 1.165) is 5.56 Å². The highest BCUT2D eigenvalue weighted by molar-refractivity contribution is 5.20. The van der Waals surface area contributed by atoms with Crippen molar-refractivity contribution in [3.63, 3.8) is 0 Å². The molecule has 0 saturated carbocycles. The van der Waals surface area contributed by atoms with Gasteiger partial charge in [0.05, 0.1) is 6.07 Å². The van der Waals surface area contributed by atoms with Gasteiger partial charge in [-0.25, -0.2) is 4.39 Å². The van der Waals surface area contributed by atoms with E-state index in [1.807, 2.05) is 6.92 Å². The Kier molecular flexibility index (Phi) is 2.82. The first kappa shape index (κ1) is 8.73. The zero-order valence-corrected chi connectivity index (χ0v) is 6.92. The van der Waals surface area contributed by atoms with Crippen molar-refractivity contribution >= 4 is 0 Å². The zero-order chi connectivity index (χ0) is 8.97. The summed E-state index contributed by atoms with van der Waals surface area (Å²) >= 11 is 0. The molecule has 12 heavy (non-hydrogen) atoms. The summed E-state index contributed by atoms with van der Waals surface area (Å²) in [6.45, 7) is 1.95. The monoisotopic (exact) mass is 163 g/mol. The summed E-state index contributed by atoms with van der Waals surface area (Å²) in [5.74, 6) is -0.0430. The topological polar surface area (TPSA) is 23.8 Å². The van der Waals surface area contributed by atoms with Crippen LogP contribution in [0.5, 0.6) is 0 Å². The van der Waals surface area contributed by atoms with E-state index in [9.17, 15) is 4.39 Å². The molecule has 0 fully saturated rings. The van der Waals surface area contributed by atoms with Crippen molar-refractivity contribution in [3.05, 3.63) is 35.6 Å². The first-order chi connectivity index (χ1) is 5.74. The van der Waals surface area contributed by atoms with Crippen molar-refractivity contribution in [2.24, 2.45) is 0 Å². The molecule has 0 radical (unpaired) electrons. The molecule has 1 atom stereocenters. The third kappa shape index (κ3) is 2.06. The van der Waals surface area contributed by atoms with Crippen molar-refractivity contribution in [1.29, 1.82) is 5.26 Å². The summed E-state index contributed by atoms with van der Waals surface area (Å²) in [5, 5.41) is 8.43. The molecule has 0 spiro atoms. The van der Waals surface area contributed by atoms with Crippen LogP contribution in [-0.4, -0.2) is 0 Å². The highest BCUT2D eigenvalue weighted by atomic mass is 19.1. The predicted octanol–water partition coefficient (Wildman–Crippen LogP) is 2.84. The van der Waals surface area contributed by atoms with Gasteiger partial charge in [0.15, 0.2) is 0 Å². The molecule has 0 amide bonds. The van der Waals surface area contributed by atoms with E-state index in [1.54, 1.807) is 12.1 Å². The first-order valence-corrected chi connectivity index (χ1v) is 3.86. The van der Waals surface area contributed by atoms with Gasteiger partial charge in [-0.05, 0) is 23.6 Å². The largest absolute Gasteiger partial charge is 0.207 e. The summed E-state index contributed by atoms with van der Waals surface area (Å²) in [6.07, 6.45) is 0.478. The maximum Gasteiger partial charge on any atom is 0.123 e.